The van der Waals surface area contributed by atoms with Gasteiger partial charge >= 0.3 is 0 Å². The number of nitrogens with zero attached hydrogens (tertiary/aromatic N) is 2. The number of hydrogen-bond donors (Lipinski definition) is 1. The molecule has 82 valence electrons. The third-order valence-corrected chi connectivity index (χ3v) is 2.46. The summed E-state index contributed by atoms with van der Waals surface area (Å²) in [6, 6.07) is 9.76. The summed E-state index contributed by atoms with van der Waals surface area (Å²) in [4.78, 5) is 8.71. The minimum absolute atomic E-state index is 0.0533. The highest BCUT2D eigenvalue weighted by Gasteiger charge is 2.06. The third kappa shape index (κ3) is 2.09. The maximum Gasteiger partial charge on any atom is 0.159 e. The SMILES string of the molecule is Cc1cc(CO)nc(-c2ccccc2C)n1. The van der Waals surface area contributed by atoms with E-state index in [4.69, 9.17) is 5.11 Å². The summed E-state index contributed by atoms with van der Waals surface area (Å²) in [6.07, 6.45) is 0. The second-order valence-corrected chi connectivity index (χ2v) is 3.80. The van der Waals surface area contributed by atoms with Gasteiger partial charge in [-0.15, -0.1) is 0 Å². The average Bonchev–Trinajstić information content (AvgIpc) is 2.28. The van der Waals surface area contributed by atoms with E-state index < -0.39 is 0 Å². The van der Waals surface area contributed by atoms with Crippen molar-refractivity contribution in [2.24, 2.45) is 0 Å². The first-order chi connectivity index (χ1) is 7.70. The first-order valence-corrected chi connectivity index (χ1v) is 5.22. The molecule has 2 rings (SSSR count). The zero-order chi connectivity index (χ0) is 11.5. The summed E-state index contributed by atoms with van der Waals surface area (Å²) < 4.78 is 0. The first kappa shape index (κ1) is 10.8. The topological polar surface area (TPSA) is 46.0 Å². The molecule has 0 saturated carbocycles. The Labute approximate surface area is 94.8 Å². The van der Waals surface area contributed by atoms with E-state index in [1.54, 1.807) is 6.07 Å². The van der Waals surface area contributed by atoms with E-state index in [1.807, 2.05) is 38.1 Å². The number of aryl methyl sites for hydroxylation is 2. The molecule has 0 aliphatic rings. The largest absolute Gasteiger partial charge is 0.390 e. The summed E-state index contributed by atoms with van der Waals surface area (Å²) in [7, 11) is 0. The van der Waals surface area contributed by atoms with Crippen LogP contribution in [0.25, 0.3) is 11.4 Å². The average molecular weight is 214 g/mol. The third-order valence-electron chi connectivity index (χ3n) is 2.46. The Morgan fingerprint density at radius 1 is 1.12 bits per heavy atom. The molecule has 1 heterocycles. The monoisotopic (exact) mass is 214 g/mol. The summed E-state index contributed by atoms with van der Waals surface area (Å²) >= 11 is 0. The van der Waals surface area contributed by atoms with Gasteiger partial charge in [-0.1, -0.05) is 24.3 Å². The van der Waals surface area contributed by atoms with E-state index in [9.17, 15) is 0 Å². The lowest BCUT2D eigenvalue weighted by Gasteiger charge is -2.06. The zero-order valence-corrected chi connectivity index (χ0v) is 9.44. The maximum absolute atomic E-state index is 9.11. The summed E-state index contributed by atoms with van der Waals surface area (Å²) in [6.45, 7) is 3.88. The lowest BCUT2D eigenvalue weighted by Crippen LogP contribution is -1.98. The van der Waals surface area contributed by atoms with Gasteiger partial charge in [-0.3, -0.25) is 0 Å². The second-order valence-electron chi connectivity index (χ2n) is 3.80. The highest BCUT2D eigenvalue weighted by Crippen LogP contribution is 2.19. The van der Waals surface area contributed by atoms with Crippen LogP contribution in [0, 0.1) is 13.8 Å². The lowest BCUT2D eigenvalue weighted by atomic mass is 10.1. The standard InChI is InChI=1S/C13H14N2O/c1-9-5-3-4-6-12(9)13-14-10(2)7-11(8-16)15-13/h3-7,16H,8H2,1-2H3. The molecular formula is C13H14N2O. The number of benzene rings is 1. The lowest BCUT2D eigenvalue weighted by molar-refractivity contribution is 0.276. The van der Waals surface area contributed by atoms with Crippen LogP contribution in [-0.4, -0.2) is 15.1 Å². The zero-order valence-electron chi connectivity index (χ0n) is 9.44. The normalized spacial score (nSPS) is 10.4. The Morgan fingerprint density at radius 2 is 1.88 bits per heavy atom. The van der Waals surface area contributed by atoms with Crippen LogP contribution in [0.15, 0.2) is 30.3 Å². The van der Waals surface area contributed by atoms with E-state index in [0.717, 1.165) is 16.8 Å². The Balaban J connectivity index is 2.56. The molecule has 0 bridgehead atoms. The van der Waals surface area contributed by atoms with Crippen molar-refractivity contribution in [3.63, 3.8) is 0 Å². The molecule has 0 aliphatic carbocycles. The predicted octanol–water partition coefficient (Wildman–Crippen LogP) is 2.25. The van der Waals surface area contributed by atoms with Gasteiger partial charge in [0.25, 0.3) is 0 Å². The van der Waals surface area contributed by atoms with Crippen LogP contribution < -0.4 is 0 Å². The molecule has 1 aromatic heterocycles. The first-order valence-electron chi connectivity index (χ1n) is 5.22. The summed E-state index contributed by atoms with van der Waals surface area (Å²) in [5, 5.41) is 9.11. The number of rotatable bonds is 2. The molecule has 0 spiro atoms. The molecule has 0 unspecified atom stereocenters. The van der Waals surface area contributed by atoms with Gasteiger partial charge < -0.3 is 5.11 Å². The maximum atomic E-state index is 9.11. The molecule has 0 saturated heterocycles. The number of hydrogen-bond acceptors (Lipinski definition) is 3. The molecule has 0 amide bonds. The summed E-state index contributed by atoms with van der Waals surface area (Å²) in [5.74, 6) is 0.683. The molecule has 0 radical (unpaired) electrons. The molecule has 2 aromatic rings. The number of aliphatic hydroxyl groups is 1. The fraction of sp³-hybridized carbons (Fsp3) is 0.231. The van der Waals surface area contributed by atoms with Crippen LogP contribution >= 0.6 is 0 Å². The van der Waals surface area contributed by atoms with Gasteiger partial charge in [0.15, 0.2) is 5.82 Å². The van der Waals surface area contributed by atoms with Crippen LogP contribution in [0.5, 0.6) is 0 Å². The minimum Gasteiger partial charge on any atom is -0.390 e. The van der Waals surface area contributed by atoms with Crippen molar-refractivity contribution in [1.29, 1.82) is 0 Å². The molecule has 3 nitrogen and oxygen atoms in total. The van der Waals surface area contributed by atoms with Crippen LogP contribution in [-0.2, 0) is 6.61 Å². The van der Waals surface area contributed by atoms with Gasteiger partial charge in [-0.2, -0.15) is 0 Å². The second kappa shape index (κ2) is 4.41. The molecular weight excluding hydrogens is 200 g/mol. The van der Waals surface area contributed by atoms with Crippen molar-refractivity contribution in [2.75, 3.05) is 0 Å². The molecule has 16 heavy (non-hydrogen) atoms. The molecule has 0 aliphatic heterocycles. The van der Waals surface area contributed by atoms with Gasteiger partial charge in [0.1, 0.15) is 0 Å². The smallest absolute Gasteiger partial charge is 0.159 e. The Morgan fingerprint density at radius 3 is 2.56 bits per heavy atom. The Hall–Kier alpha value is -1.74. The van der Waals surface area contributed by atoms with E-state index in [1.165, 1.54) is 0 Å². The van der Waals surface area contributed by atoms with Gasteiger partial charge in [0.05, 0.1) is 12.3 Å². The highest BCUT2D eigenvalue weighted by molar-refractivity contribution is 5.59. The van der Waals surface area contributed by atoms with E-state index >= 15 is 0 Å². The highest BCUT2D eigenvalue weighted by atomic mass is 16.3. The van der Waals surface area contributed by atoms with E-state index in [-0.39, 0.29) is 6.61 Å². The van der Waals surface area contributed by atoms with E-state index in [2.05, 4.69) is 9.97 Å². The molecule has 1 N–H and O–H groups in total. The van der Waals surface area contributed by atoms with Gasteiger partial charge in [-0.05, 0) is 25.5 Å². The van der Waals surface area contributed by atoms with Crippen LogP contribution in [0.2, 0.25) is 0 Å². The number of aromatic nitrogens is 2. The molecule has 0 fully saturated rings. The van der Waals surface area contributed by atoms with Crippen molar-refractivity contribution in [3.05, 3.63) is 47.3 Å². The van der Waals surface area contributed by atoms with Crippen molar-refractivity contribution < 1.29 is 5.11 Å². The van der Waals surface area contributed by atoms with Crippen molar-refractivity contribution in [3.8, 4) is 11.4 Å². The summed E-state index contributed by atoms with van der Waals surface area (Å²) in [5.41, 5.74) is 3.68. The van der Waals surface area contributed by atoms with Crippen molar-refractivity contribution in [2.45, 2.75) is 20.5 Å². The van der Waals surface area contributed by atoms with E-state index in [0.29, 0.717) is 11.5 Å². The van der Waals surface area contributed by atoms with Crippen LogP contribution in [0.4, 0.5) is 0 Å². The van der Waals surface area contributed by atoms with Crippen LogP contribution in [0.3, 0.4) is 0 Å². The molecule has 1 aromatic carbocycles. The molecule has 0 atom stereocenters. The van der Waals surface area contributed by atoms with Crippen LogP contribution in [0.1, 0.15) is 17.0 Å². The van der Waals surface area contributed by atoms with Gasteiger partial charge in [0, 0.05) is 11.3 Å². The van der Waals surface area contributed by atoms with Crippen molar-refractivity contribution >= 4 is 0 Å². The molecule has 3 heteroatoms. The quantitative estimate of drug-likeness (QED) is 0.834. The fourth-order valence-corrected chi connectivity index (χ4v) is 1.66. The van der Waals surface area contributed by atoms with Gasteiger partial charge in [-0.25, -0.2) is 9.97 Å². The number of aliphatic hydroxyl groups excluding tert-OH is 1. The minimum atomic E-state index is -0.0533. The fourth-order valence-electron chi connectivity index (χ4n) is 1.66. The Bertz CT molecular complexity index is 509. The predicted molar refractivity (Wildman–Crippen MR) is 62.9 cm³/mol. The van der Waals surface area contributed by atoms with Gasteiger partial charge in [0.2, 0.25) is 0 Å². The Kier molecular flexibility index (Phi) is 2.97. The van der Waals surface area contributed by atoms with Crippen molar-refractivity contribution in [1.82, 2.24) is 9.97 Å².